The fourth-order valence-electron chi connectivity index (χ4n) is 2.18. The van der Waals surface area contributed by atoms with E-state index in [4.69, 9.17) is 4.74 Å². The normalized spacial score (nSPS) is 20.1. The average molecular weight is 317 g/mol. The predicted molar refractivity (Wildman–Crippen MR) is 77.6 cm³/mol. The maximum absolute atomic E-state index is 12.7. The van der Waals surface area contributed by atoms with Crippen molar-refractivity contribution in [2.24, 2.45) is 0 Å². The van der Waals surface area contributed by atoms with E-state index in [9.17, 15) is 17.9 Å². The quantitative estimate of drug-likeness (QED) is 0.809. The molecule has 2 rings (SSSR count). The number of hydrogen-bond acceptors (Lipinski definition) is 5. The Morgan fingerprint density at radius 3 is 2.52 bits per heavy atom. The van der Waals surface area contributed by atoms with E-state index >= 15 is 0 Å². The van der Waals surface area contributed by atoms with Gasteiger partial charge in [-0.15, -0.1) is 0 Å². The molecule has 0 radical (unpaired) electrons. The molecule has 0 spiro atoms. The monoisotopic (exact) mass is 317 g/mol. The minimum atomic E-state index is -2.86. The number of nitrogens with one attached hydrogen (secondary N) is 1. The molecule has 0 saturated carbocycles. The van der Waals surface area contributed by atoms with Crippen LogP contribution in [0.3, 0.4) is 0 Å². The van der Waals surface area contributed by atoms with Gasteiger partial charge >= 0.3 is 0 Å². The molecule has 1 saturated heterocycles. The van der Waals surface area contributed by atoms with E-state index < -0.39 is 15.9 Å². The highest BCUT2D eigenvalue weighted by Crippen LogP contribution is 2.13. The molecule has 1 aliphatic heterocycles. The van der Waals surface area contributed by atoms with Crippen molar-refractivity contribution < 1.29 is 22.7 Å². The Kier molecular flexibility index (Phi) is 5.55. The molecule has 118 valence electrons. The molecule has 1 aromatic carbocycles. The van der Waals surface area contributed by atoms with Crippen molar-refractivity contribution in [2.75, 3.05) is 24.7 Å². The Balaban J connectivity index is 1.66. The third-order valence-corrected chi connectivity index (χ3v) is 5.17. The largest absolute Gasteiger partial charge is 0.491 e. The van der Waals surface area contributed by atoms with Gasteiger partial charge in [0.05, 0.1) is 11.5 Å². The van der Waals surface area contributed by atoms with Crippen LogP contribution in [0.2, 0.25) is 0 Å². The van der Waals surface area contributed by atoms with Crippen LogP contribution in [0, 0.1) is 5.82 Å². The fraction of sp³-hybridized carbons (Fsp3) is 0.571. The number of sulfone groups is 1. The summed E-state index contributed by atoms with van der Waals surface area (Å²) in [5.74, 6) is 0.565. The highest BCUT2D eigenvalue weighted by atomic mass is 32.2. The van der Waals surface area contributed by atoms with E-state index in [1.54, 1.807) is 0 Å². The van der Waals surface area contributed by atoms with E-state index in [2.05, 4.69) is 5.32 Å². The van der Waals surface area contributed by atoms with Gasteiger partial charge in [-0.1, -0.05) is 0 Å². The molecule has 21 heavy (non-hydrogen) atoms. The SMILES string of the molecule is O=S1(=O)CCC(NCC(O)COc2ccc(F)cc2)CC1. The molecule has 2 N–H and O–H groups in total. The zero-order chi connectivity index (χ0) is 15.3. The summed E-state index contributed by atoms with van der Waals surface area (Å²) in [7, 11) is -2.86. The van der Waals surface area contributed by atoms with Gasteiger partial charge in [0.15, 0.2) is 0 Å². The fourth-order valence-corrected chi connectivity index (χ4v) is 3.67. The van der Waals surface area contributed by atoms with Crippen LogP contribution in [0.1, 0.15) is 12.8 Å². The molecule has 0 aromatic heterocycles. The third kappa shape index (κ3) is 5.61. The zero-order valence-corrected chi connectivity index (χ0v) is 12.5. The smallest absolute Gasteiger partial charge is 0.150 e. The molecular formula is C14H20FNO4S. The molecule has 1 aromatic rings. The van der Waals surface area contributed by atoms with Crippen molar-refractivity contribution in [3.05, 3.63) is 30.1 Å². The molecule has 7 heteroatoms. The van der Waals surface area contributed by atoms with E-state index in [0.717, 1.165) is 0 Å². The van der Waals surface area contributed by atoms with Gasteiger partial charge in [-0.3, -0.25) is 0 Å². The van der Waals surface area contributed by atoms with Gasteiger partial charge in [0.1, 0.15) is 34.1 Å². The maximum Gasteiger partial charge on any atom is 0.150 e. The zero-order valence-electron chi connectivity index (χ0n) is 11.7. The minimum absolute atomic E-state index is 0.101. The van der Waals surface area contributed by atoms with Crippen LogP contribution in [0.5, 0.6) is 5.75 Å². The van der Waals surface area contributed by atoms with Crippen LogP contribution in [0.4, 0.5) is 4.39 Å². The van der Waals surface area contributed by atoms with Crippen LogP contribution in [0.25, 0.3) is 0 Å². The molecule has 1 fully saturated rings. The lowest BCUT2D eigenvalue weighted by Gasteiger charge is -2.24. The molecule has 5 nitrogen and oxygen atoms in total. The van der Waals surface area contributed by atoms with Crippen molar-refractivity contribution in [1.82, 2.24) is 5.32 Å². The van der Waals surface area contributed by atoms with Gasteiger partial charge in [-0.2, -0.15) is 0 Å². The second-order valence-electron chi connectivity index (χ2n) is 5.25. The summed E-state index contributed by atoms with van der Waals surface area (Å²) >= 11 is 0. The summed E-state index contributed by atoms with van der Waals surface area (Å²) in [6.07, 6.45) is 0.454. The number of ether oxygens (including phenoxy) is 1. The Morgan fingerprint density at radius 1 is 1.29 bits per heavy atom. The topological polar surface area (TPSA) is 75.6 Å². The van der Waals surface area contributed by atoms with E-state index in [1.807, 2.05) is 0 Å². The standard InChI is InChI=1S/C14H20FNO4S/c15-11-1-3-14(4-2-11)20-10-13(17)9-16-12-5-7-21(18,19)8-6-12/h1-4,12-13,16-17H,5-10H2. The highest BCUT2D eigenvalue weighted by molar-refractivity contribution is 7.91. The first kappa shape index (κ1) is 16.2. The Hall–Kier alpha value is -1.18. The summed E-state index contributed by atoms with van der Waals surface area (Å²) in [6.45, 7) is 0.440. The van der Waals surface area contributed by atoms with Crippen LogP contribution < -0.4 is 10.1 Å². The summed E-state index contributed by atoms with van der Waals surface area (Å²) in [6, 6.07) is 5.71. The maximum atomic E-state index is 12.7. The van der Waals surface area contributed by atoms with E-state index in [0.29, 0.717) is 25.1 Å². The van der Waals surface area contributed by atoms with Gasteiger partial charge in [-0.05, 0) is 37.1 Å². The number of aliphatic hydroxyl groups excluding tert-OH is 1. The lowest BCUT2D eigenvalue weighted by molar-refractivity contribution is 0.103. The molecule has 0 bridgehead atoms. The van der Waals surface area contributed by atoms with Crippen molar-refractivity contribution >= 4 is 9.84 Å². The molecule has 0 amide bonds. The average Bonchev–Trinajstić information content (AvgIpc) is 2.45. The van der Waals surface area contributed by atoms with Crippen molar-refractivity contribution in [3.8, 4) is 5.75 Å². The molecule has 1 atom stereocenters. The second kappa shape index (κ2) is 7.20. The number of aliphatic hydroxyl groups is 1. The Morgan fingerprint density at radius 2 is 1.90 bits per heavy atom. The number of halogens is 1. The number of rotatable bonds is 6. The summed E-state index contributed by atoms with van der Waals surface area (Å²) in [4.78, 5) is 0. The Bertz CT molecular complexity index is 533. The Labute approximate surface area is 124 Å². The summed E-state index contributed by atoms with van der Waals surface area (Å²) < 4.78 is 40.6. The summed E-state index contributed by atoms with van der Waals surface area (Å²) in [5, 5.41) is 13.0. The number of hydrogen-bond donors (Lipinski definition) is 2. The van der Waals surface area contributed by atoms with Crippen LogP contribution in [-0.2, 0) is 9.84 Å². The first-order valence-corrected chi connectivity index (χ1v) is 8.77. The lowest BCUT2D eigenvalue weighted by Crippen LogP contribution is -2.42. The van der Waals surface area contributed by atoms with Crippen LogP contribution in [-0.4, -0.2) is 50.3 Å². The lowest BCUT2D eigenvalue weighted by atomic mass is 10.1. The third-order valence-electron chi connectivity index (χ3n) is 3.45. The van der Waals surface area contributed by atoms with Gasteiger partial charge in [0.25, 0.3) is 0 Å². The van der Waals surface area contributed by atoms with Crippen LogP contribution >= 0.6 is 0 Å². The van der Waals surface area contributed by atoms with Gasteiger partial charge < -0.3 is 15.2 Å². The van der Waals surface area contributed by atoms with Gasteiger partial charge in [0.2, 0.25) is 0 Å². The highest BCUT2D eigenvalue weighted by Gasteiger charge is 2.23. The van der Waals surface area contributed by atoms with Crippen molar-refractivity contribution in [3.63, 3.8) is 0 Å². The first-order valence-electron chi connectivity index (χ1n) is 6.95. The van der Waals surface area contributed by atoms with E-state index in [-0.39, 0.29) is 30.0 Å². The van der Waals surface area contributed by atoms with Crippen molar-refractivity contribution in [1.29, 1.82) is 0 Å². The predicted octanol–water partition coefficient (Wildman–Crippen LogP) is 0.732. The minimum Gasteiger partial charge on any atom is -0.491 e. The molecule has 1 heterocycles. The second-order valence-corrected chi connectivity index (χ2v) is 7.56. The van der Waals surface area contributed by atoms with Crippen molar-refractivity contribution in [2.45, 2.75) is 25.0 Å². The molecular weight excluding hydrogens is 297 g/mol. The molecule has 1 aliphatic rings. The molecule has 0 aliphatic carbocycles. The molecule has 1 unspecified atom stereocenters. The number of benzene rings is 1. The summed E-state index contributed by atoms with van der Waals surface area (Å²) in [5.41, 5.74) is 0. The van der Waals surface area contributed by atoms with E-state index in [1.165, 1.54) is 24.3 Å². The van der Waals surface area contributed by atoms with Gasteiger partial charge in [0, 0.05) is 12.6 Å². The first-order chi connectivity index (χ1) is 9.94. The van der Waals surface area contributed by atoms with Gasteiger partial charge in [-0.25, -0.2) is 12.8 Å². The van der Waals surface area contributed by atoms with Crippen LogP contribution in [0.15, 0.2) is 24.3 Å².